The van der Waals surface area contributed by atoms with Crippen molar-refractivity contribution in [2.24, 2.45) is 0 Å². The lowest BCUT2D eigenvalue weighted by Crippen LogP contribution is -2.00. The molecule has 4 heterocycles. The third kappa shape index (κ3) is 5.65. The average Bonchev–Trinajstić information content (AvgIpc) is 3.90. The van der Waals surface area contributed by atoms with Crippen LogP contribution in [0.4, 0.5) is 0 Å². The van der Waals surface area contributed by atoms with Gasteiger partial charge in [-0.05, 0) is 34.2 Å². The number of pyridine rings is 1. The van der Waals surface area contributed by atoms with Crippen molar-refractivity contribution in [1.82, 2.24) is 19.9 Å². The van der Waals surface area contributed by atoms with Crippen LogP contribution < -0.4 is 0 Å². The molecule has 0 N–H and O–H groups in total. The van der Waals surface area contributed by atoms with E-state index in [0.717, 1.165) is 99.3 Å². The maximum Gasteiger partial charge on any atom is 0.228 e. The highest BCUT2D eigenvalue weighted by atomic mass is 16.3. The van der Waals surface area contributed by atoms with E-state index in [1.165, 1.54) is 0 Å². The Morgan fingerprint density at radius 1 is 0.283 bits per heavy atom. The van der Waals surface area contributed by atoms with E-state index in [2.05, 4.69) is 152 Å². The first kappa shape index (κ1) is 33.9. The van der Waals surface area contributed by atoms with Crippen molar-refractivity contribution in [2.75, 3.05) is 0 Å². The molecular weight excluding hydrogens is 737 g/mol. The number of hydrogen-bond acceptors (Lipinski definition) is 6. The Kier molecular flexibility index (Phi) is 7.74. The van der Waals surface area contributed by atoms with Crippen molar-refractivity contribution in [1.29, 1.82) is 0 Å². The summed E-state index contributed by atoms with van der Waals surface area (Å²) in [5.74, 6) is 1.76. The predicted octanol–water partition coefficient (Wildman–Crippen LogP) is 14.2. The number of nitrogens with zero attached hydrogens (tertiary/aromatic N) is 4. The minimum atomic E-state index is 0.579. The van der Waals surface area contributed by atoms with Gasteiger partial charge in [-0.2, -0.15) is 0 Å². The lowest BCUT2D eigenvalue weighted by Gasteiger charge is -2.11. The second-order valence-electron chi connectivity index (χ2n) is 15.0. The molecule has 0 amide bonds. The van der Waals surface area contributed by atoms with Crippen molar-refractivity contribution in [2.45, 2.75) is 0 Å². The van der Waals surface area contributed by atoms with Crippen molar-refractivity contribution in [3.63, 3.8) is 0 Å². The number of fused-ring (bicyclic) bond motifs is 8. The third-order valence-corrected chi connectivity index (χ3v) is 11.4. The normalized spacial score (nSPS) is 11.7. The third-order valence-electron chi connectivity index (χ3n) is 11.4. The first-order valence-corrected chi connectivity index (χ1v) is 20.0. The second kappa shape index (κ2) is 13.7. The molecule has 0 aliphatic heterocycles. The molecule has 0 radical (unpaired) electrons. The van der Waals surface area contributed by atoms with Gasteiger partial charge in [0.25, 0.3) is 0 Å². The summed E-state index contributed by atoms with van der Waals surface area (Å²) < 4.78 is 12.6. The number of benzene rings is 8. The average molecular weight is 769 g/mol. The van der Waals surface area contributed by atoms with Gasteiger partial charge < -0.3 is 8.83 Å². The first-order chi connectivity index (χ1) is 29.7. The molecule has 8 aromatic carbocycles. The molecule has 0 unspecified atom stereocenters. The van der Waals surface area contributed by atoms with Gasteiger partial charge in [0.2, 0.25) is 5.71 Å². The molecular formula is C54H32N4O2. The summed E-state index contributed by atoms with van der Waals surface area (Å²) in [5, 5.41) is 6.47. The minimum Gasteiger partial charge on any atom is -0.455 e. The maximum absolute atomic E-state index is 6.37. The van der Waals surface area contributed by atoms with E-state index < -0.39 is 0 Å². The van der Waals surface area contributed by atoms with Gasteiger partial charge in [0.15, 0.2) is 17.5 Å². The predicted molar refractivity (Wildman–Crippen MR) is 242 cm³/mol. The van der Waals surface area contributed by atoms with Crippen LogP contribution in [0.5, 0.6) is 0 Å². The van der Waals surface area contributed by atoms with Gasteiger partial charge in [-0.15, -0.1) is 0 Å². The summed E-state index contributed by atoms with van der Waals surface area (Å²) in [5.41, 5.74) is 12.0. The highest BCUT2D eigenvalue weighted by Gasteiger charge is 2.18. The summed E-state index contributed by atoms with van der Waals surface area (Å²) >= 11 is 0. The van der Waals surface area contributed by atoms with Crippen molar-refractivity contribution in [3.8, 4) is 67.7 Å². The lowest BCUT2D eigenvalue weighted by molar-refractivity contribution is 0.655. The Hall–Kier alpha value is -8.22. The fourth-order valence-corrected chi connectivity index (χ4v) is 8.42. The summed E-state index contributed by atoms with van der Waals surface area (Å²) in [6.45, 7) is 0. The topological polar surface area (TPSA) is 77.8 Å². The molecule has 0 atom stereocenters. The Bertz CT molecular complexity index is 3570. The molecule has 12 rings (SSSR count). The highest BCUT2D eigenvalue weighted by molar-refractivity contribution is 6.20. The van der Waals surface area contributed by atoms with Gasteiger partial charge in [-0.3, -0.25) is 0 Å². The SMILES string of the molecule is c1ccc(-c2ccc(-c3nc(-c4ccc(-c5nc6oc7ccccc7c6c6ccccc56)cc4)nc(-c4ccc(-c5cccc6c5oc5ccccc56)cc4)n3)cc2)cc1. The van der Waals surface area contributed by atoms with Gasteiger partial charge in [0, 0.05) is 49.4 Å². The zero-order chi connectivity index (χ0) is 39.6. The summed E-state index contributed by atoms with van der Waals surface area (Å²) in [7, 11) is 0. The fraction of sp³-hybridized carbons (Fsp3) is 0. The van der Waals surface area contributed by atoms with E-state index in [-0.39, 0.29) is 0 Å². The zero-order valence-electron chi connectivity index (χ0n) is 32.1. The van der Waals surface area contributed by atoms with Crippen LogP contribution >= 0.6 is 0 Å². The molecule has 6 heteroatoms. The molecule has 0 saturated heterocycles. The molecule has 60 heavy (non-hydrogen) atoms. The summed E-state index contributed by atoms with van der Waals surface area (Å²) in [6.07, 6.45) is 0. The molecule has 0 fully saturated rings. The number of para-hydroxylation sites is 3. The largest absolute Gasteiger partial charge is 0.455 e. The van der Waals surface area contributed by atoms with Gasteiger partial charge in [-0.1, -0.05) is 182 Å². The molecule has 0 aliphatic carbocycles. The minimum absolute atomic E-state index is 0.579. The van der Waals surface area contributed by atoms with E-state index in [1.54, 1.807) is 0 Å². The summed E-state index contributed by atoms with van der Waals surface area (Å²) in [4.78, 5) is 20.3. The second-order valence-corrected chi connectivity index (χ2v) is 15.0. The van der Waals surface area contributed by atoms with Gasteiger partial charge in [-0.25, -0.2) is 19.9 Å². The van der Waals surface area contributed by atoms with Gasteiger partial charge in [0.05, 0.1) is 11.1 Å². The van der Waals surface area contributed by atoms with E-state index in [0.29, 0.717) is 23.2 Å². The van der Waals surface area contributed by atoms with Crippen LogP contribution in [0.15, 0.2) is 203 Å². The number of rotatable bonds is 6. The number of hydrogen-bond donors (Lipinski definition) is 0. The molecule has 0 bridgehead atoms. The van der Waals surface area contributed by atoms with E-state index in [4.69, 9.17) is 28.8 Å². The summed E-state index contributed by atoms with van der Waals surface area (Å²) in [6, 6.07) is 66.4. The van der Waals surface area contributed by atoms with Crippen LogP contribution in [0.1, 0.15) is 0 Å². The Morgan fingerprint density at radius 2 is 0.750 bits per heavy atom. The van der Waals surface area contributed by atoms with Gasteiger partial charge in [0.1, 0.15) is 16.7 Å². The molecule has 6 nitrogen and oxygen atoms in total. The van der Waals surface area contributed by atoms with Crippen LogP contribution in [0.25, 0.3) is 122 Å². The van der Waals surface area contributed by atoms with Crippen molar-refractivity contribution in [3.05, 3.63) is 194 Å². The Morgan fingerprint density at radius 3 is 1.40 bits per heavy atom. The lowest BCUT2D eigenvalue weighted by atomic mass is 9.99. The Balaban J connectivity index is 0.952. The molecule has 0 spiro atoms. The van der Waals surface area contributed by atoms with E-state index in [1.807, 2.05) is 42.5 Å². The number of furan rings is 2. The zero-order valence-corrected chi connectivity index (χ0v) is 32.1. The molecule has 12 aromatic rings. The van der Waals surface area contributed by atoms with Crippen LogP contribution in [0, 0.1) is 0 Å². The van der Waals surface area contributed by atoms with Crippen LogP contribution in [0.2, 0.25) is 0 Å². The molecule has 0 saturated carbocycles. The highest BCUT2D eigenvalue weighted by Crippen LogP contribution is 2.39. The first-order valence-electron chi connectivity index (χ1n) is 20.0. The van der Waals surface area contributed by atoms with E-state index in [9.17, 15) is 0 Å². The standard InChI is InChI=1S/C54H32N4O2/c1-2-11-33(12-3-1)34-21-27-37(28-22-34)51-56-52(38-29-23-35(24-30-38)40-17-10-18-44-41-13-6-8-19-46(41)59-50(40)44)58-53(57-51)39-31-25-36(26-32-39)49-43-15-5-4-14-42(43)48-45-16-7-9-20-47(45)60-54(48)55-49/h1-32H. The Labute approximate surface area is 344 Å². The molecule has 280 valence electrons. The van der Waals surface area contributed by atoms with Crippen LogP contribution in [-0.2, 0) is 0 Å². The quantitative estimate of drug-likeness (QED) is 0.168. The van der Waals surface area contributed by atoms with E-state index >= 15 is 0 Å². The monoisotopic (exact) mass is 768 g/mol. The smallest absolute Gasteiger partial charge is 0.228 e. The van der Waals surface area contributed by atoms with Crippen LogP contribution in [-0.4, -0.2) is 19.9 Å². The number of aromatic nitrogens is 4. The van der Waals surface area contributed by atoms with Crippen LogP contribution in [0.3, 0.4) is 0 Å². The maximum atomic E-state index is 6.37. The fourth-order valence-electron chi connectivity index (χ4n) is 8.42. The molecule has 4 aromatic heterocycles. The van der Waals surface area contributed by atoms with Crippen molar-refractivity contribution < 1.29 is 8.83 Å². The van der Waals surface area contributed by atoms with Gasteiger partial charge >= 0.3 is 0 Å². The van der Waals surface area contributed by atoms with Crippen molar-refractivity contribution >= 4 is 54.8 Å². The molecule has 0 aliphatic rings.